The third-order valence-electron chi connectivity index (χ3n) is 3.75. The standard InChI is InChI=1S/C14H20N4/c1-11-9-18(14(8-16)10-17(11)2)13-5-3-12(7-15)4-6-13/h3-6,11,14H,8-10,16H2,1-2H3. The number of nitriles is 1. The molecule has 1 heterocycles. The summed E-state index contributed by atoms with van der Waals surface area (Å²) in [4.78, 5) is 4.70. The van der Waals surface area contributed by atoms with Crippen LogP contribution in [0.1, 0.15) is 12.5 Å². The molecule has 0 aliphatic carbocycles. The Bertz CT molecular complexity index is 434. The first-order valence-corrected chi connectivity index (χ1v) is 6.32. The number of benzene rings is 1. The van der Waals surface area contributed by atoms with E-state index in [1.807, 2.05) is 24.3 Å². The van der Waals surface area contributed by atoms with Crippen molar-refractivity contribution in [2.45, 2.75) is 19.0 Å². The maximum Gasteiger partial charge on any atom is 0.0991 e. The summed E-state index contributed by atoms with van der Waals surface area (Å²) >= 11 is 0. The van der Waals surface area contributed by atoms with Crippen LogP contribution in [0.15, 0.2) is 24.3 Å². The van der Waals surface area contributed by atoms with Crippen molar-refractivity contribution in [2.24, 2.45) is 5.73 Å². The van der Waals surface area contributed by atoms with Crippen LogP contribution in [0.3, 0.4) is 0 Å². The van der Waals surface area contributed by atoms with Gasteiger partial charge in [-0.2, -0.15) is 5.26 Å². The van der Waals surface area contributed by atoms with Gasteiger partial charge in [0.25, 0.3) is 0 Å². The molecule has 0 saturated carbocycles. The Kier molecular flexibility index (Phi) is 3.85. The Balaban J connectivity index is 2.21. The van der Waals surface area contributed by atoms with Crippen molar-refractivity contribution in [3.05, 3.63) is 29.8 Å². The first kappa shape index (κ1) is 12.9. The third kappa shape index (κ3) is 2.47. The molecule has 2 unspecified atom stereocenters. The molecule has 1 aliphatic heterocycles. The van der Waals surface area contributed by atoms with Gasteiger partial charge in [-0.3, -0.25) is 4.90 Å². The Morgan fingerprint density at radius 3 is 2.56 bits per heavy atom. The quantitative estimate of drug-likeness (QED) is 0.844. The van der Waals surface area contributed by atoms with Gasteiger partial charge in [-0.25, -0.2) is 0 Å². The predicted octanol–water partition coefficient (Wildman–Crippen LogP) is 1.03. The highest BCUT2D eigenvalue weighted by atomic mass is 15.3. The lowest BCUT2D eigenvalue weighted by atomic mass is 10.1. The zero-order chi connectivity index (χ0) is 13.1. The second-order valence-electron chi connectivity index (χ2n) is 4.99. The minimum absolute atomic E-state index is 0.346. The van der Waals surface area contributed by atoms with E-state index in [1.54, 1.807) is 0 Å². The van der Waals surface area contributed by atoms with Gasteiger partial charge >= 0.3 is 0 Å². The van der Waals surface area contributed by atoms with E-state index in [-0.39, 0.29) is 0 Å². The maximum atomic E-state index is 8.82. The van der Waals surface area contributed by atoms with Gasteiger partial charge in [-0.05, 0) is 38.2 Å². The normalized spacial score (nSPS) is 24.9. The molecule has 0 radical (unpaired) electrons. The lowest BCUT2D eigenvalue weighted by molar-refractivity contribution is 0.202. The van der Waals surface area contributed by atoms with E-state index >= 15 is 0 Å². The number of likely N-dealkylation sites (N-methyl/N-ethyl adjacent to an activating group) is 1. The van der Waals surface area contributed by atoms with E-state index in [0.29, 0.717) is 24.2 Å². The molecule has 1 aromatic carbocycles. The first-order chi connectivity index (χ1) is 8.65. The van der Waals surface area contributed by atoms with Crippen LogP contribution in [0.4, 0.5) is 5.69 Å². The lowest BCUT2D eigenvalue weighted by Crippen LogP contribution is -2.58. The van der Waals surface area contributed by atoms with Gasteiger partial charge in [0.1, 0.15) is 0 Å². The van der Waals surface area contributed by atoms with Crippen LogP contribution in [0, 0.1) is 11.3 Å². The molecule has 4 heteroatoms. The smallest absolute Gasteiger partial charge is 0.0991 e. The summed E-state index contributed by atoms with van der Waals surface area (Å²) in [6.45, 7) is 4.84. The summed E-state index contributed by atoms with van der Waals surface area (Å²) in [6, 6.07) is 10.8. The van der Waals surface area contributed by atoms with Gasteiger partial charge in [-0.15, -0.1) is 0 Å². The topological polar surface area (TPSA) is 56.3 Å². The molecule has 1 aliphatic rings. The molecule has 0 aromatic heterocycles. The summed E-state index contributed by atoms with van der Waals surface area (Å²) in [5, 5.41) is 8.82. The molecular weight excluding hydrogens is 224 g/mol. The van der Waals surface area contributed by atoms with Crippen LogP contribution in [0.2, 0.25) is 0 Å². The van der Waals surface area contributed by atoms with Gasteiger partial charge in [0.05, 0.1) is 17.7 Å². The zero-order valence-electron chi connectivity index (χ0n) is 11.0. The van der Waals surface area contributed by atoms with Crippen molar-refractivity contribution in [3.63, 3.8) is 0 Å². The second-order valence-corrected chi connectivity index (χ2v) is 4.99. The molecular formula is C14H20N4. The fraction of sp³-hybridized carbons (Fsp3) is 0.500. The fourth-order valence-electron chi connectivity index (χ4n) is 2.43. The highest BCUT2D eigenvalue weighted by Gasteiger charge is 2.28. The van der Waals surface area contributed by atoms with Crippen molar-refractivity contribution >= 4 is 5.69 Å². The fourth-order valence-corrected chi connectivity index (χ4v) is 2.43. The molecule has 2 rings (SSSR count). The number of nitrogens with zero attached hydrogens (tertiary/aromatic N) is 3. The monoisotopic (exact) mass is 244 g/mol. The van der Waals surface area contributed by atoms with E-state index in [9.17, 15) is 0 Å². The minimum atomic E-state index is 0.346. The Morgan fingerprint density at radius 1 is 1.33 bits per heavy atom. The van der Waals surface area contributed by atoms with Crippen LogP contribution in [-0.4, -0.2) is 43.7 Å². The average Bonchev–Trinajstić information content (AvgIpc) is 2.41. The molecule has 0 bridgehead atoms. The zero-order valence-corrected chi connectivity index (χ0v) is 11.0. The van der Waals surface area contributed by atoms with Crippen molar-refractivity contribution in [1.82, 2.24) is 4.90 Å². The summed E-state index contributed by atoms with van der Waals surface area (Å²) in [5.74, 6) is 0. The van der Waals surface area contributed by atoms with Gasteiger partial charge in [0, 0.05) is 31.4 Å². The van der Waals surface area contributed by atoms with E-state index in [0.717, 1.165) is 18.8 Å². The first-order valence-electron chi connectivity index (χ1n) is 6.32. The lowest BCUT2D eigenvalue weighted by Gasteiger charge is -2.44. The number of nitrogens with two attached hydrogens (primary N) is 1. The van der Waals surface area contributed by atoms with Crippen LogP contribution in [0.5, 0.6) is 0 Å². The largest absolute Gasteiger partial charge is 0.364 e. The number of rotatable bonds is 2. The van der Waals surface area contributed by atoms with Crippen molar-refractivity contribution < 1.29 is 0 Å². The second kappa shape index (κ2) is 5.38. The summed E-state index contributed by atoms with van der Waals surface area (Å²) < 4.78 is 0. The van der Waals surface area contributed by atoms with Crippen LogP contribution < -0.4 is 10.6 Å². The molecule has 2 N–H and O–H groups in total. The third-order valence-corrected chi connectivity index (χ3v) is 3.75. The Labute approximate surface area is 109 Å². The molecule has 0 spiro atoms. The summed E-state index contributed by atoms with van der Waals surface area (Å²) in [6.07, 6.45) is 0. The molecule has 1 saturated heterocycles. The van der Waals surface area contributed by atoms with Gasteiger partial charge in [0.2, 0.25) is 0 Å². The van der Waals surface area contributed by atoms with Crippen LogP contribution in [-0.2, 0) is 0 Å². The SMILES string of the molecule is CC1CN(c2ccc(C#N)cc2)C(CN)CN1C. The number of hydrogen-bond donors (Lipinski definition) is 1. The molecule has 0 amide bonds. The number of hydrogen-bond acceptors (Lipinski definition) is 4. The van der Waals surface area contributed by atoms with Crippen molar-refractivity contribution in [2.75, 3.05) is 31.6 Å². The summed E-state index contributed by atoms with van der Waals surface area (Å²) in [7, 11) is 2.14. The molecule has 1 fully saturated rings. The van der Waals surface area contributed by atoms with Crippen LogP contribution >= 0.6 is 0 Å². The van der Waals surface area contributed by atoms with Gasteiger partial charge in [0.15, 0.2) is 0 Å². The van der Waals surface area contributed by atoms with Crippen LogP contribution in [0.25, 0.3) is 0 Å². The number of anilines is 1. The predicted molar refractivity (Wildman–Crippen MR) is 73.4 cm³/mol. The number of piperazine rings is 1. The minimum Gasteiger partial charge on any atom is -0.364 e. The Morgan fingerprint density at radius 2 is 2.00 bits per heavy atom. The molecule has 4 nitrogen and oxygen atoms in total. The molecule has 18 heavy (non-hydrogen) atoms. The highest BCUT2D eigenvalue weighted by molar-refractivity contribution is 5.51. The van der Waals surface area contributed by atoms with E-state index in [2.05, 4.69) is 29.8 Å². The Hall–Kier alpha value is -1.57. The van der Waals surface area contributed by atoms with Gasteiger partial charge in [-0.1, -0.05) is 0 Å². The molecule has 1 aromatic rings. The van der Waals surface area contributed by atoms with Crippen molar-refractivity contribution in [3.8, 4) is 6.07 Å². The van der Waals surface area contributed by atoms with Gasteiger partial charge < -0.3 is 10.6 Å². The summed E-state index contributed by atoms with van der Waals surface area (Å²) in [5.41, 5.74) is 7.73. The van der Waals surface area contributed by atoms with E-state index in [1.165, 1.54) is 0 Å². The molecule has 2 atom stereocenters. The van der Waals surface area contributed by atoms with E-state index in [4.69, 9.17) is 11.0 Å². The maximum absolute atomic E-state index is 8.82. The molecule has 96 valence electrons. The van der Waals surface area contributed by atoms with Crippen molar-refractivity contribution in [1.29, 1.82) is 5.26 Å². The average molecular weight is 244 g/mol. The van der Waals surface area contributed by atoms with E-state index < -0.39 is 0 Å². The highest BCUT2D eigenvalue weighted by Crippen LogP contribution is 2.22.